The van der Waals surface area contributed by atoms with Gasteiger partial charge in [-0.15, -0.1) is 0 Å². The summed E-state index contributed by atoms with van der Waals surface area (Å²) in [5.74, 6) is 0.309. The van der Waals surface area contributed by atoms with Gasteiger partial charge in [0.2, 0.25) is 0 Å². The van der Waals surface area contributed by atoms with Crippen LogP contribution in [0, 0.1) is 5.82 Å². The molecule has 2 aromatic rings. The van der Waals surface area contributed by atoms with Gasteiger partial charge < -0.3 is 10.5 Å². The molecule has 1 aromatic carbocycles. The summed E-state index contributed by atoms with van der Waals surface area (Å²) in [6.45, 7) is 0.349. The minimum absolute atomic E-state index is 0.247. The topological polar surface area (TPSA) is 48.1 Å². The summed E-state index contributed by atoms with van der Waals surface area (Å²) < 4.78 is 18.4. The molecule has 0 radical (unpaired) electrons. The molecule has 0 saturated carbocycles. The maximum Gasteiger partial charge on any atom is 0.136 e. The Hall–Kier alpha value is -1.94. The molecule has 0 aliphatic rings. The van der Waals surface area contributed by atoms with Gasteiger partial charge in [-0.2, -0.15) is 0 Å². The monoisotopic (exact) mass is 232 g/mol. The Morgan fingerprint density at radius 1 is 1.12 bits per heavy atom. The Morgan fingerprint density at radius 2 is 1.76 bits per heavy atom. The molecule has 0 aliphatic carbocycles. The molecule has 17 heavy (non-hydrogen) atoms. The molecule has 4 heteroatoms. The van der Waals surface area contributed by atoms with E-state index in [-0.39, 0.29) is 11.9 Å². The fourth-order valence-corrected chi connectivity index (χ4v) is 1.51. The molecule has 0 spiro atoms. The molecule has 0 bridgehead atoms. The lowest BCUT2D eigenvalue weighted by Gasteiger charge is -2.17. The van der Waals surface area contributed by atoms with E-state index in [0.717, 1.165) is 5.56 Å². The Labute approximate surface area is 99.1 Å². The lowest BCUT2D eigenvalue weighted by atomic mass is 10.1. The number of hydrogen-bond donors (Lipinski definition) is 1. The van der Waals surface area contributed by atoms with Crippen molar-refractivity contribution in [3.8, 4) is 5.75 Å². The van der Waals surface area contributed by atoms with E-state index in [0.29, 0.717) is 12.3 Å². The van der Waals surface area contributed by atoms with E-state index < -0.39 is 0 Å². The lowest BCUT2D eigenvalue weighted by Crippen LogP contribution is -2.18. The molecule has 0 aliphatic heterocycles. The quantitative estimate of drug-likeness (QED) is 0.879. The van der Waals surface area contributed by atoms with Crippen LogP contribution in [0.2, 0.25) is 0 Å². The fourth-order valence-electron chi connectivity index (χ4n) is 1.51. The van der Waals surface area contributed by atoms with Crippen LogP contribution in [0.5, 0.6) is 5.75 Å². The summed E-state index contributed by atoms with van der Waals surface area (Å²) >= 11 is 0. The standard InChI is InChI=1S/C13H13FN2O/c14-11-1-3-12(4-2-11)17-13(9-15)10-5-7-16-8-6-10/h1-8,13H,9,15H2. The van der Waals surface area contributed by atoms with Crippen molar-refractivity contribution >= 4 is 0 Å². The highest BCUT2D eigenvalue weighted by atomic mass is 19.1. The van der Waals surface area contributed by atoms with Gasteiger partial charge in [0.05, 0.1) is 0 Å². The van der Waals surface area contributed by atoms with Crippen molar-refractivity contribution in [1.29, 1.82) is 0 Å². The second kappa shape index (κ2) is 5.41. The number of ether oxygens (including phenoxy) is 1. The second-order valence-electron chi connectivity index (χ2n) is 3.58. The molecule has 88 valence electrons. The zero-order chi connectivity index (χ0) is 12.1. The van der Waals surface area contributed by atoms with Gasteiger partial charge in [-0.1, -0.05) is 0 Å². The minimum Gasteiger partial charge on any atom is -0.484 e. The highest BCUT2D eigenvalue weighted by molar-refractivity contribution is 5.24. The van der Waals surface area contributed by atoms with Crippen LogP contribution in [0.15, 0.2) is 48.8 Å². The van der Waals surface area contributed by atoms with Crippen molar-refractivity contribution in [2.75, 3.05) is 6.54 Å². The van der Waals surface area contributed by atoms with Crippen LogP contribution in [-0.2, 0) is 0 Å². The maximum atomic E-state index is 12.7. The van der Waals surface area contributed by atoms with Crippen LogP contribution in [-0.4, -0.2) is 11.5 Å². The number of nitrogens with two attached hydrogens (primary N) is 1. The highest BCUT2D eigenvalue weighted by Crippen LogP contribution is 2.20. The first-order valence-electron chi connectivity index (χ1n) is 5.32. The molecular weight excluding hydrogens is 219 g/mol. The average Bonchev–Trinajstić information content (AvgIpc) is 2.39. The number of halogens is 1. The zero-order valence-corrected chi connectivity index (χ0v) is 9.21. The summed E-state index contributed by atoms with van der Waals surface area (Å²) in [6.07, 6.45) is 3.13. The number of aromatic nitrogens is 1. The number of nitrogens with zero attached hydrogens (tertiary/aromatic N) is 1. The number of rotatable bonds is 4. The van der Waals surface area contributed by atoms with E-state index in [1.807, 2.05) is 12.1 Å². The van der Waals surface area contributed by atoms with Crippen LogP contribution in [0.25, 0.3) is 0 Å². The van der Waals surface area contributed by atoms with Crippen LogP contribution in [0.4, 0.5) is 4.39 Å². The largest absolute Gasteiger partial charge is 0.484 e. The number of pyridine rings is 1. The summed E-state index contributed by atoms with van der Waals surface area (Å²) in [4.78, 5) is 3.93. The predicted octanol–water partition coefficient (Wildman–Crippen LogP) is 2.30. The van der Waals surface area contributed by atoms with Crippen molar-refractivity contribution in [2.45, 2.75) is 6.10 Å². The highest BCUT2D eigenvalue weighted by Gasteiger charge is 2.10. The molecule has 1 aromatic heterocycles. The van der Waals surface area contributed by atoms with Gasteiger partial charge in [-0.05, 0) is 42.0 Å². The summed E-state index contributed by atoms with van der Waals surface area (Å²) in [5, 5.41) is 0. The summed E-state index contributed by atoms with van der Waals surface area (Å²) in [7, 11) is 0. The fraction of sp³-hybridized carbons (Fsp3) is 0.154. The number of benzene rings is 1. The van der Waals surface area contributed by atoms with Crippen molar-refractivity contribution in [1.82, 2.24) is 4.98 Å². The third-order valence-electron chi connectivity index (χ3n) is 2.38. The Bertz CT molecular complexity index is 459. The van der Waals surface area contributed by atoms with E-state index in [1.165, 1.54) is 12.1 Å². The maximum absolute atomic E-state index is 12.7. The first kappa shape index (κ1) is 11.5. The first-order chi connectivity index (χ1) is 8.29. The van der Waals surface area contributed by atoms with Crippen LogP contribution < -0.4 is 10.5 Å². The van der Waals surface area contributed by atoms with Gasteiger partial charge in [0.15, 0.2) is 0 Å². The van der Waals surface area contributed by atoms with Crippen molar-refractivity contribution < 1.29 is 9.13 Å². The zero-order valence-electron chi connectivity index (χ0n) is 9.21. The molecule has 1 heterocycles. The molecule has 2 N–H and O–H groups in total. The first-order valence-corrected chi connectivity index (χ1v) is 5.32. The van der Waals surface area contributed by atoms with Gasteiger partial charge >= 0.3 is 0 Å². The van der Waals surface area contributed by atoms with Crippen LogP contribution >= 0.6 is 0 Å². The Kier molecular flexibility index (Phi) is 3.67. The Morgan fingerprint density at radius 3 is 2.35 bits per heavy atom. The average molecular weight is 232 g/mol. The molecule has 1 unspecified atom stereocenters. The summed E-state index contributed by atoms with van der Waals surface area (Å²) in [6, 6.07) is 9.57. The molecular formula is C13H13FN2O. The molecule has 0 saturated heterocycles. The smallest absolute Gasteiger partial charge is 0.136 e. The molecule has 1 atom stereocenters. The van der Waals surface area contributed by atoms with E-state index in [9.17, 15) is 4.39 Å². The van der Waals surface area contributed by atoms with Gasteiger partial charge in [0.25, 0.3) is 0 Å². The third kappa shape index (κ3) is 3.01. The van der Waals surface area contributed by atoms with Gasteiger partial charge in [0, 0.05) is 18.9 Å². The van der Waals surface area contributed by atoms with E-state index in [4.69, 9.17) is 10.5 Å². The lowest BCUT2D eigenvalue weighted by molar-refractivity contribution is 0.214. The van der Waals surface area contributed by atoms with Crippen molar-refractivity contribution in [3.05, 3.63) is 60.2 Å². The molecule has 2 rings (SSSR count). The molecule has 0 fully saturated rings. The third-order valence-corrected chi connectivity index (χ3v) is 2.38. The van der Waals surface area contributed by atoms with E-state index in [2.05, 4.69) is 4.98 Å². The van der Waals surface area contributed by atoms with Gasteiger partial charge in [-0.3, -0.25) is 4.98 Å². The summed E-state index contributed by atoms with van der Waals surface area (Å²) in [5.41, 5.74) is 6.61. The second-order valence-corrected chi connectivity index (χ2v) is 3.58. The molecule has 3 nitrogen and oxygen atoms in total. The predicted molar refractivity (Wildman–Crippen MR) is 63.1 cm³/mol. The SMILES string of the molecule is NCC(Oc1ccc(F)cc1)c1ccncc1. The number of hydrogen-bond acceptors (Lipinski definition) is 3. The van der Waals surface area contributed by atoms with Gasteiger partial charge in [0.1, 0.15) is 17.7 Å². The normalized spacial score (nSPS) is 12.1. The van der Waals surface area contributed by atoms with Crippen LogP contribution in [0.1, 0.15) is 11.7 Å². The van der Waals surface area contributed by atoms with Crippen molar-refractivity contribution in [3.63, 3.8) is 0 Å². The van der Waals surface area contributed by atoms with Gasteiger partial charge in [-0.25, -0.2) is 4.39 Å². The minimum atomic E-state index is -0.287. The molecule has 0 amide bonds. The van der Waals surface area contributed by atoms with Crippen molar-refractivity contribution in [2.24, 2.45) is 5.73 Å². The van der Waals surface area contributed by atoms with Crippen LogP contribution in [0.3, 0.4) is 0 Å². The van der Waals surface area contributed by atoms with E-state index in [1.54, 1.807) is 24.5 Å². The Balaban J connectivity index is 2.13. The van der Waals surface area contributed by atoms with E-state index >= 15 is 0 Å².